The molecule has 10 N–H and O–H groups in total. The van der Waals surface area contributed by atoms with Crippen LogP contribution < -0.4 is 15.8 Å². The zero-order valence-electron chi connectivity index (χ0n) is 44.7. The number of benzene rings is 3. The fourth-order valence-electron chi connectivity index (χ4n) is 15.6. The van der Waals surface area contributed by atoms with Crippen molar-refractivity contribution in [1.29, 1.82) is 0 Å². The summed E-state index contributed by atoms with van der Waals surface area (Å²) < 4.78 is 6.99. The number of nitrogens with one attached hydrogen (secondary N) is 2. The van der Waals surface area contributed by atoms with Crippen molar-refractivity contribution < 1.29 is 35.4 Å². The number of aromatic nitrogens is 1. The van der Waals surface area contributed by atoms with Crippen molar-refractivity contribution in [3.05, 3.63) is 153 Å². The third-order valence-electron chi connectivity index (χ3n) is 19.6. The Morgan fingerprint density at radius 3 is 2.47 bits per heavy atom. The van der Waals surface area contributed by atoms with E-state index in [2.05, 4.69) is 102 Å². The molecule has 11 rings (SSSR count). The molecule has 4 aromatic rings. The third kappa shape index (κ3) is 11.2. The SMILES string of the molecule is CC[C@H]1Cc2cc(O)c(O[C@H]3C[C@@H](Cc4ccc[nH]4)C4=CCNC(N)=C4CSSC[C@H](CO)[C@@H]3O)cc2[C@@H]2C[C@@H](O)[C@H]3[C@H](C#C[C@]4(CCCC[C@@H]3O)C[C@H](c3ccccc3)[C@H]3Cc5ccccc5CCC[C@H]3[C@@H]4CO)C=C12. The molecule has 2 aliphatic heterocycles. The molecule has 10 nitrogen and oxygen atoms in total. The van der Waals surface area contributed by atoms with Crippen LogP contribution in [0.4, 0.5) is 0 Å². The lowest BCUT2D eigenvalue weighted by Crippen LogP contribution is -2.49. The van der Waals surface area contributed by atoms with Gasteiger partial charge >= 0.3 is 0 Å². The molecule has 1 spiro atoms. The van der Waals surface area contributed by atoms with Crippen LogP contribution in [0.2, 0.25) is 0 Å². The summed E-state index contributed by atoms with van der Waals surface area (Å²) in [5.41, 5.74) is 16.9. The van der Waals surface area contributed by atoms with Crippen LogP contribution in [0.3, 0.4) is 0 Å². The van der Waals surface area contributed by atoms with Gasteiger partial charge in [0.1, 0.15) is 11.9 Å². The minimum absolute atomic E-state index is 0.00287. The number of aromatic amines is 1. The Hall–Kier alpha value is -4.58. The number of phenols is 1. The van der Waals surface area contributed by atoms with Crippen molar-refractivity contribution in [1.82, 2.24) is 10.3 Å². The fraction of sp³-hybridized carbons (Fsp3) is 0.538. The predicted octanol–water partition coefficient (Wildman–Crippen LogP) is 9.90. The summed E-state index contributed by atoms with van der Waals surface area (Å²) in [7, 11) is 3.27. The van der Waals surface area contributed by atoms with Gasteiger partial charge in [-0.2, -0.15) is 0 Å². The maximum absolute atomic E-state index is 12.7. The van der Waals surface area contributed by atoms with Gasteiger partial charge in [0.15, 0.2) is 11.5 Å². The summed E-state index contributed by atoms with van der Waals surface area (Å²) in [5, 5.41) is 75.2. The van der Waals surface area contributed by atoms with E-state index >= 15 is 0 Å². The van der Waals surface area contributed by atoms with Crippen LogP contribution >= 0.6 is 21.6 Å². The van der Waals surface area contributed by atoms with Crippen molar-refractivity contribution in [2.75, 3.05) is 31.3 Å². The highest BCUT2D eigenvalue weighted by Gasteiger charge is 2.53. The van der Waals surface area contributed by atoms with Crippen LogP contribution in [0.15, 0.2) is 120 Å². The van der Waals surface area contributed by atoms with Gasteiger partial charge < -0.3 is 51.4 Å². The summed E-state index contributed by atoms with van der Waals surface area (Å²) in [5.74, 6) is 9.29. The van der Waals surface area contributed by atoms with E-state index in [1.54, 1.807) is 21.6 Å². The second kappa shape index (κ2) is 24.0. The van der Waals surface area contributed by atoms with Crippen molar-refractivity contribution >= 4 is 21.6 Å². The zero-order chi connectivity index (χ0) is 53.2. The molecule has 15 atom stereocenters. The normalized spacial score (nSPS) is 34.6. The molecule has 0 unspecified atom stereocenters. The molecule has 2 fully saturated rings. The zero-order valence-corrected chi connectivity index (χ0v) is 46.4. The Morgan fingerprint density at radius 2 is 1.68 bits per heavy atom. The van der Waals surface area contributed by atoms with E-state index in [9.17, 15) is 30.6 Å². The van der Waals surface area contributed by atoms with Crippen LogP contribution in [0.5, 0.6) is 11.5 Å². The van der Waals surface area contributed by atoms with Gasteiger partial charge in [0.2, 0.25) is 0 Å². The molecule has 0 bridgehead atoms. The highest BCUT2D eigenvalue weighted by Crippen LogP contribution is 2.59. The number of fused-ring (bicyclic) bond motifs is 7. The van der Waals surface area contributed by atoms with Gasteiger partial charge in [0.25, 0.3) is 0 Å². The number of hydrogen-bond donors (Lipinski definition) is 9. The number of rotatable bonds is 8. The lowest BCUT2D eigenvalue weighted by molar-refractivity contribution is -0.0269. The second-order valence-corrected chi connectivity index (χ2v) is 26.3. The van der Waals surface area contributed by atoms with Crippen LogP contribution in [0.25, 0.3) is 0 Å². The highest BCUT2D eigenvalue weighted by atomic mass is 33.1. The van der Waals surface area contributed by atoms with Crippen LogP contribution in [-0.4, -0.2) is 91.3 Å². The average molecular weight is 1080 g/mol. The topological polar surface area (TPSA) is 184 Å². The van der Waals surface area contributed by atoms with Gasteiger partial charge in [-0.05, 0) is 164 Å². The molecule has 0 amide bonds. The van der Waals surface area contributed by atoms with E-state index in [4.69, 9.17) is 10.5 Å². The first-order chi connectivity index (χ1) is 37.6. The smallest absolute Gasteiger partial charge is 0.161 e. The fourth-order valence-corrected chi connectivity index (χ4v) is 18.2. The summed E-state index contributed by atoms with van der Waals surface area (Å²) in [6.45, 7) is 2.65. The Bertz CT molecular complexity index is 2840. The van der Waals surface area contributed by atoms with Crippen molar-refractivity contribution in [2.24, 2.45) is 58.5 Å². The molecule has 77 heavy (non-hydrogen) atoms. The van der Waals surface area contributed by atoms with Gasteiger partial charge in [-0.15, -0.1) is 0 Å². The predicted molar refractivity (Wildman–Crippen MR) is 309 cm³/mol. The standard InChI is InChI=1S/C65H81N3O7S2/c1-2-39-26-44-30-58(72)60(75-61-31-45(27-47-17-11-24-67-47)48-21-25-68-64(66)55(48)38-77-76-37-46(35-69)63(61)74)33-51(44)53-32-59(73)62-43(29-50(39)53)20-23-65(22-9-8-19-57(62)71)34-54(41-13-4-3-5-14-41)52-28-42-15-7-6-12-40(42)16-10-18-49(52)56(65)36-70/h3-7,11-15,17,21,24,29-30,33,39,43,45-46,49,52-54,56-57,59,61-63,67-74H,2,8-10,16,18-19,22,25-28,31-32,34-38,66H2,1H3/t39-,43+,45+,46-,49+,52-,53+,54+,56-,57-,59+,61-,62-,63-,65+/m0/s1. The first kappa shape index (κ1) is 54.4. The Labute approximate surface area is 464 Å². The minimum atomic E-state index is -1.06. The van der Waals surface area contributed by atoms with Crippen molar-refractivity contribution in [3.8, 4) is 23.3 Å². The van der Waals surface area contributed by atoms with Crippen molar-refractivity contribution in [2.45, 2.75) is 133 Å². The Kier molecular flexibility index (Phi) is 17.0. The number of dihydropyridines is 1. The molecular formula is C65H81N3O7S2. The molecule has 0 radical (unpaired) electrons. The second-order valence-electron chi connectivity index (χ2n) is 23.8. The monoisotopic (exact) mass is 1080 g/mol. The largest absolute Gasteiger partial charge is 0.504 e. The van der Waals surface area contributed by atoms with Crippen LogP contribution in [0, 0.1) is 64.6 Å². The number of ether oxygens (including phenoxy) is 1. The first-order valence-electron chi connectivity index (χ1n) is 29.0. The number of aliphatic hydroxyl groups excluding tert-OH is 5. The number of hydrogen-bond acceptors (Lipinski definition) is 11. The molecule has 7 aliphatic rings. The molecule has 1 saturated heterocycles. The van der Waals surface area contributed by atoms with Gasteiger partial charge in [-0.3, -0.25) is 0 Å². The molecule has 410 valence electrons. The number of aromatic hydroxyl groups is 1. The first-order valence-corrected chi connectivity index (χ1v) is 31.5. The summed E-state index contributed by atoms with van der Waals surface area (Å²) in [4.78, 5) is 3.39. The lowest BCUT2D eigenvalue weighted by atomic mass is 9.50. The molecule has 3 heterocycles. The summed E-state index contributed by atoms with van der Waals surface area (Å²) in [6.07, 6.45) is 14.1. The minimum Gasteiger partial charge on any atom is -0.504 e. The molecule has 3 aromatic carbocycles. The van der Waals surface area contributed by atoms with Gasteiger partial charge in [-0.1, -0.05) is 126 Å². The van der Waals surface area contributed by atoms with Crippen molar-refractivity contribution in [3.63, 3.8) is 0 Å². The third-order valence-corrected chi connectivity index (χ3v) is 22.0. The molecular weight excluding hydrogens is 999 g/mol. The van der Waals surface area contributed by atoms with Crippen LogP contribution in [0.1, 0.15) is 116 Å². The number of phenolic OH excluding ortho intramolecular Hbond substituents is 1. The Balaban J connectivity index is 0.966. The van der Waals surface area contributed by atoms with E-state index in [-0.39, 0.29) is 60.2 Å². The summed E-state index contributed by atoms with van der Waals surface area (Å²) >= 11 is 0. The maximum Gasteiger partial charge on any atom is 0.161 e. The Morgan fingerprint density at radius 1 is 0.844 bits per heavy atom. The molecule has 1 aromatic heterocycles. The molecule has 1 saturated carbocycles. The molecule has 12 heteroatoms. The average Bonchev–Trinajstić information content (AvgIpc) is 4.00. The lowest BCUT2D eigenvalue weighted by Gasteiger charge is -2.53. The number of nitrogens with two attached hydrogens (primary N) is 1. The summed E-state index contributed by atoms with van der Waals surface area (Å²) in [6, 6.07) is 27.9. The highest BCUT2D eigenvalue weighted by molar-refractivity contribution is 8.76. The quantitative estimate of drug-likeness (QED) is 0.0465. The van der Waals surface area contributed by atoms with Gasteiger partial charge in [-0.25, -0.2) is 0 Å². The van der Waals surface area contributed by atoms with Gasteiger partial charge in [0, 0.05) is 83.7 Å². The van der Waals surface area contributed by atoms with E-state index in [0.717, 1.165) is 85.8 Å². The van der Waals surface area contributed by atoms with E-state index in [1.807, 2.05) is 24.4 Å². The number of aliphatic hydroxyl groups is 5. The number of H-pyrrole nitrogens is 1. The van der Waals surface area contributed by atoms with Gasteiger partial charge in [0.05, 0.1) is 18.3 Å². The van der Waals surface area contributed by atoms with E-state index in [1.165, 1.54) is 22.3 Å². The maximum atomic E-state index is 12.7. The van der Waals surface area contributed by atoms with Crippen LogP contribution in [-0.2, 0) is 25.7 Å². The van der Waals surface area contributed by atoms with E-state index in [0.29, 0.717) is 61.9 Å². The number of aryl methyl sites for hydroxylation is 1. The molecule has 5 aliphatic carbocycles. The number of allylic oxidation sites excluding steroid dienone is 3. The van der Waals surface area contributed by atoms with E-state index < -0.39 is 47.6 Å².